The molecule has 0 aliphatic carbocycles. The molecule has 0 aliphatic rings. The molecule has 0 bridgehead atoms. The van der Waals surface area contributed by atoms with Crippen molar-refractivity contribution in [3.05, 3.63) is 41.4 Å². The van der Waals surface area contributed by atoms with E-state index in [1.165, 1.54) is 16.9 Å². The van der Waals surface area contributed by atoms with Gasteiger partial charge in [-0.2, -0.15) is 18.3 Å². The number of carbonyl (C=O) groups excluding carboxylic acids is 3. The molecule has 0 saturated carbocycles. The van der Waals surface area contributed by atoms with Crippen molar-refractivity contribution in [2.24, 2.45) is 5.73 Å². The van der Waals surface area contributed by atoms with E-state index >= 15 is 0 Å². The summed E-state index contributed by atoms with van der Waals surface area (Å²) in [6.07, 6.45) is -4.00. The van der Waals surface area contributed by atoms with Crippen LogP contribution in [0.1, 0.15) is 89.2 Å². The summed E-state index contributed by atoms with van der Waals surface area (Å²) in [7, 11) is 0. The second-order valence-electron chi connectivity index (χ2n) is 11.5. The average molecular weight is 594 g/mol. The van der Waals surface area contributed by atoms with Gasteiger partial charge in [0.15, 0.2) is 11.6 Å². The number of carbonyl (C=O) groups is 3. The van der Waals surface area contributed by atoms with Crippen LogP contribution in [0.25, 0.3) is 11.3 Å². The zero-order chi connectivity index (χ0) is 31.8. The van der Waals surface area contributed by atoms with Crippen LogP contribution in [0.3, 0.4) is 0 Å². The number of ether oxygens (including phenoxy) is 1. The summed E-state index contributed by atoms with van der Waals surface area (Å²) in [4.78, 5) is 42.1. The zero-order valence-electron chi connectivity index (χ0n) is 24.5. The summed E-state index contributed by atoms with van der Waals surface area (Å²) in [5.41, 5.74) is 3.37. The fourth-order valence-electron chi connectivity index (χ4n) is 3.70. The van der Waals surface area contributed by atoms with Crippen LogP contribution in [0.4, 0.5) is 29.6 Å². The smallest absolute Gasteiger partial charge is 0.413 e. The molecule has 3 rings (SSSR count). The lowest BCUT2D eigenvalue weighted by Crippen LogP contribution is -2.35. The van der Waals surface area contributed by atoms with Gasteiger partial charge in [-0.15, -0.1) is 0 Å². The largest absolute Gasteiger partial charge is 0.444 e. The number of hydrogen-bond donors (Lipinski definition) is 3. The number of pyridine rings is 1. The van der Waals surface area contributed by atoms with Gasteiger partial charge in [0.25, 0.3) is 5.91 Å². The summed E-state index contributed by atoms with van der Waals surface area (Å²) >= 11 is 0. The molecular weight excluding hydrogens is 559 g/mol. The summed E-state index contributed by atoms with van der Waals surface area (Å²) in [6.45, 7) is 12.1. The third-order valence-corrected chi connectivity index (χ3v) is 6.25. The van der Waals surface area contributed by atoms with Crippen LogP contribution in [0.15, 0.2) is 28.9 Å². The first-order valence-corrected chi connectivity index (χ1v) is 13.0. The quantitative estimate of drug-likeness (QED) is 0.306. The molecule has 0 aliphatic heterocycles. The molecule has 3 heterocycles. The summed E-state index contributed by atoms with van der Waals surface area (Å²) in [6, 6.07) is 3.84. The zero-order valence-corrected chi connectivity index (χ0v) is 24.5. The van der Waals surface area contributed by atoms with Crippen molar-refractivity contribution < 1.29 is 36.8 Å². The van der Waals surface area contributed by atoms with Gasteiger partial charge in [0, 0.05) is 23.9 Å². The van der Waals surface area contributed by atoms with Gasteiger partial charge < -0.3 is 20.3 Å². The lowest BCUT2D eigenvalue weighted by molar-refractivity contribution is -0.185. The molecule has 0 radical (unpaired) electrons. The van der Waals surface area contributed by atoms with Crippen LogP contribution in [-0.4, -0.2) is 49.6 Å². The van der Waals surface area contributed by atoms with Crippen LogP contribution < -0.4 is 16.4 Å². The number of hydrogen-bond acceptors (Lipinski definition) is 8. The highest BCUT2D eigenvalue weighted by atomic mass is 19.4. The maximum Gasteiger partial charge on any atom is 0.413 e. The first-order chi connectivity index (χ1) is 19.2. The van der Waals surface area contributed by atoms with E-state index in [2.05, 4.69) is 25.9 Å². The third kappa shape index (κ3) is 6.89. The lowest BCUT2D eigenvalue weighted by Gasteiger charge is -2.24. The molecule has 0 fully saturated rings. The molecule has 1 unspecified atom stereocenters. The van der Waals surface area contributed by atoms with Gasteiger partial charge in [-0.3, -0.25) is 19.9 Å². The van der Waals surface area contributed by atoms with Crippen molar-refractivity contribution in [3.63, 3.8) is 0 Å². The van der Waals surface area contributed by atoms with E-state index in [4.69, 9.17) is 15.0 Å². The molecule has 12 nitrogen and oxygen atoms in total. The Morgan fingerprint density at radius 1 is 1.05 bits per heavy atom. The lowest BCUT2D eigenvalue weighted by atomic mass is 9.89. The number of primary amides is 1. The van der Waals surface area contributed by atoms with Crippen LogP contribution in [0.5, 0.6) is 0 Å². The number of nitrogens with one attached hydrogen (secondary N) is 2. The van der Waals surface area contributed by atoms with Crippen LogP contribution in [-0.2, 0) is 14.9 Å². The Morgan fingerprint density at radius 3 is 2.19 bits per heavy atom. The average Bonchev–Trinajstić information content (AvgIpc) is 3.47. The summed E-state index contributed by atoms with van der Waals surface area (Å²) in [5.74, 6) is -2.85. The molecule has 0 spiro atoms. The summed E-state index contributed by atoms with van der Waals surface area (Å²) in [5, 5.41) is 13.0. The standard InChI is InChI=1S/C27H34F3N7O5/c1-13(2)37-22(34-24(40)41-25(4,5)6)19(21(31)38)20(35-37)15-9-10-16(32-12-15)14(3)23(39)33-18-11-17(42-36-18)26(7,8)27(28,29)30/h9-14H,1-8H3,(H2,31,38)(H,34,40)(H,33,36,39). The fourth-order valence-corrected chi connectivity index (χ4v) is 3.70. The first-order valence-electron chi connectivity index (χ1n) is 13.0. The van der Waals surface area contributed by atoms with E-state index in [9.17, 15) is 27.6 Å². The highest BCUT2D eigenvalue weighted by Crippen LogP contribution is 2.41. The number of nitrogens with zero attached hydrogens (tertiary/aromatic N) is 4. The Hall–Kier alpha value is -4.43. The minimum Gasteiger partial charge on any atom is -0.444 e. The van der Waals surface area contributed by atoms with Crippen molar-refractivity contribution in [2.75, 3.05) is 10.6 Å². The molecule has 3 aromatic heterocycles. The number of halogens is 3. The summed E-state index contributed by atoms with van der Waals surface area (Å²) < 4.78 is 51.5. The van der Waals surface area contributed by atoms with E-state index in [0.717, 1.165) is 19.9 Å². The van der Waals surface area contributed by atoms with E-state index in [-0.39, 0.29) is 28.9 Å². The SMILES string of the molecule is CC(C(=O)Nc1cc(C(C)(C)C(F)(F)F)on1)c1ccc(-c2nn(C(C)C)c(NC(=O)OC(C)(C)C)c2C(N)=O)cn1. The van der Waals surface area contributed by atoms with Gasteiger partial charge in [0.05, 0.1) is 11.6 Å². The fraction of sp³-hybridized carbons (Fsp3) is 0.481. The van der Waals surface area contributed by atoms with Gasteiger partial charge in [0.1, 0.15) is 28.1 Å². The third-order valence-electron chi connectivity index (χ3n) is 6.25. The number of aromatic nitrogens is 4. The Balaban J connectivity index is 1.86. The molecule has 3 aromatic rings. The highest BCUT2D eigenvalue weighted by molar-refractivity contribution is 6.06. The first kappa shape index (κ1) is 32.1. The maximum atomic E-state index is 13.3. The van der Waals surface area contributed by atoms with Gasteiger partial charge in [-0.1, -0.05) is 5.16 Å². The molecule has 4 N–H and O–H groups in total. The second kappa shape index (κ2) is 11.4. The molecule has 1 atom stereocenters. The van der Waals surface area contributed by atoms with Crippen LogP contribution >= 0.6 is 0 Å². The van der Waals surface area contributed by atoms with E-state index in [0.29, 0.717) is 11.3 Å². The van der Waals surface area contributed by atoms with E-state index in [1.54, 1.807) is 47.6 Å². The van der Waals surface area contributed by atoms with Crippen LogP contribution in [0, 0.1) is 0 Å². The monoisotopic (exact) mass is 593 g/mol. The number of anilines is 2. The number of rotatable bonds is 8. The molecule has 228 valence electrons. The van der Waals surface area contributed by atoms with E-state index in [1.807, 2.05) is 0 Å². The molecule has 42 heavy (non-hydrogen) atoms. The van der Waals surface area contributed by atoms with Gasteiger partial charge in [-0.25, -0.2) is 9.48 Å². The predicted molar refractivity (Wildman–Crippen MR) is 147 cm³/mol. The Bertz CT molecular complexity index is 1470. The van der Waals surface area contributed by atoms with Crippen LogP contribution in [0.2, 0.25) is 0 Å². The normalized spacial score (nSPS) is 13.1. The Labute approximate surface area is 240 Å². The number of nitrogens with two attached hydrogens (primary N) is 1. The molecular formula is C27H34F3N7O5. The van der Waals surface area contributed by atoms with Crippen molar-refractivity contribution >= 4 is 29.5 Å². The van der Waals surface area contributed by atoms with Gasteiger partial charge in [-0.05, 0) is 67.5 Å². The van der Waals surface area contributed by atoms with Crippen molar-refractivity contribution in [3.8, 4) is 11.3 Å². The minimum atomic E-state index is -4.58. The van der Waals surface area contributed by atoms with Crippen molar-refractivity contribution in [2.45, 2.75) is 84.5 Å². The molecule has 0 aromatic carbocycles. The second-order valence-corrected chi connectivity index (χ2v) is 11.5. The van der Waals surface area contributed by atoms with Gasteiger partial charge in [0.2, 0.25) is 5.91 Å². The highest BCUT2D eigenvalue weighted by Gasteiger charge is 2.51. The molecule has 15 heteroatoms. The maximum absolute atomic E-state index is 13.3. The van der Waals surface area contributed by atoms with Gasteiger partial charge >= 0.3 is 12.3 Å². The Morgan fingerprint density at radius 2 is 1.69 bits per heavy atom. The van der Waals surface area contributed by atoms with Crippen molar-refractivity contribution in [1.82, 2.24) is 19.9 Å². The topological polar surface area (TPSA) is 167 Å². The predicted octanol–water partition coefficient (Wildman–Crippen LogP) is 5.54. The van der Waals surface area contributed by atoms with Crippen molar-refractivity contribution in [1.29, 1.82) is 0 Å². The minimum absolute atomic E-state index is 0.0549. The van der Waals surface area contributed by atoms with E-state index < -0.39 is 46.8 Å². The number of amides is 3. The molecule has 0 saturated heterocycles. The Kier molecular flexibility index (Phi) is 8.75. The number of alkyl halides is 3. The molecule has 3 amide bonds.